The van der Waals surface area contributed by atoms with Crippen LogP contribution in [0.3, 0.4) is 0 Å². The molecule has 1 aromatic rings. The topological polar surface area (TPSA) is 69.7 Å². The summed E-state index contributed by atoms with van der Waals surface area (Å²) in [6.45, 7) is 5.98. The summed E-state index contributed by atoms with van der Waals surface area (Å²) in [7, 11) is 3.15. The lowest BCUT2D eigenvalue weighted by molar-refractivity contribution is -0.137. The smallest absolute Gasteiger partial charge is 0.246 e. The number of likely N-dealkylation sites (tertiary alicyclic amines) is 1. The van der Waals surface area contributed by atoms with Crippen molar-refractivity contribution >= 4 is 23.4 Å². The monoisotopic (exact) mass is 317 g/mol. The minimum Gasteiger partial charge on any atom is -0.324 e. The lowest BCUT2D eigenvalue weighted by atomic mass is 10.1. The molecular formula is C17H23N3O3. The molecule has 1 atom stereocenters. The molecule has 1 aliphatic rings. The van der Waals surface area contributed by atoms with Gasteiger partial charge in [0, 0.05) is 12.7 Å². The molecule has 0 aliphatic carbocycles. The van der Waals surface area contributed by atoms with Crippen LogP contribution >= 0.6 is 0 Å². The first-order valence-electron chi connectivity index (χ1n) is 7.59. The molecule has 2 rings (SSSR count). The Morgan fingerprint density at radius 3 is 2.30 bits per heavy atom. The fourth-order valence-electron chi connectivity index (χ4n) is 2.97. The van der Waals surface area contributed by atoms with E-state index in [4.69, 9.17) is 0 Å². The highest BCUT2D eigenvalue weighted by molar-refractivity contribution is 6.05. The molecular weight excluding hydrogens is 294 g/mol. The van der Waals surface area contributed by atoms with E-state index >= 15 is 0 Å². The van der Waals surface area contributed by atoms with Gasteiger partial charge in [-0.2, -0.15) is 0 Å². The number of nitrogens with one attached hydrogen (secondary N) is 1. The molecule has 0 spiro atoms. The van der Waals surface area contributed by atoms with Gasteiger partial charge in [0.05, 0.1) is 19.0 Å². The van der Waals surface area contributed by atoms with Gasteiger partial charge in [-0.1, -0.05) is 17.7 Å². The fourth-order valence-corrected chi connectivity index (χ4v) is 2.97. The minimum absolute atomic E-state index is 0.0598. The van der Waals surface area contributed by atoms with Crippen LogP contribution < -0.4 is 5.32 Å². The van der Waals surface area contributed by atoms with E-state index in [1.807, 2.05) is 32.9 Å². The maximum atomic E-state index is 12.3. The van der Waals surface area contributed by atoms with Crippen molar-refractivity contribution in [3.8, 4) is 0 Å². The Bertz CT molecular complexity index is 646. The number of anilines is 1. The first-order valence-corrected chi connectivity index (χ1v) is 7.59. The van der Waals surface area contributed by atoms with Gasteiger partial charge in [-0.3, -0.25) is 24.2 Å². The molecule has 1 aliphatic heterocycles. The first kappa shape index (κ1) is 17.1. The SMILES string of the molecule is Cc1cc(C)c(NC(=O)CN(C)C2CC(=O)N(C)C2=O)c(C)c1. The van der Waals surface area contributed by atoms with Gasteiger partial charge in [-0.15, -0.1) is 0 Å². The molecule has 0 aromatic heterocycles. The minimum atomic E-state index is -0.557. The van der Waals surface area contributed by atoms with E-state index in [1.165, 1.54) is 7.05 Å². The Labute approximate surface area is 136 Å². The molecule has 1 unspecified atom stereocenters. The van der Waals surface area contributed by atoms with Crippen molar-refractivity contribution in [2.45, 2.75) is 33.2 Å². The third-order valence-corrected chi connectivity index (χ3v) is 4.22. The van der Waals surface area contributed by atoms with E-state index in [0.717, 1.165) is 27.3 Å². The molecule has 1 saturated heterocycles. The summed E-state index contributed by atoms with van der Waals surface area (Å²) in [5.74, 6) is -0.664. The predicted molar refractivity (Wildman–Crippen MR) is 88.1 cm³/mol. The number of hydrogen-bond acceptors (Lipinski definition) is 4. The average Bonchev–Trinajstić information content (AvgIpc) is 2.70. The van der Waals surface area contributed by atoms with Crippen LogP contribution in [0.5, 0.6) is 0 Å². The van der Waals surface area contributed by atoms with Crippen molar-refractivity contribution in [1.29, 1.82) is 0 Å². The number of imide groups is 1. The predicted octanol–water partition coefficient (Wildman–Crippen LogP) is 1.24. The summed E-state index contributed by atoms with van der Waals surface area (Å²) in [6, 6.07) is 3.47. The van der Waals surface area contributed by atoms with Crippen molar-refractivity contribution < 1.29 is 14.4 Å². The zero-order valence-corrected chi connectivity index (χ0v) is 14.3. The summed E-state index contributed by atoms with van der Waals surface area (Å²) >= 11 is 0. The van der Waals surface area contributed by atoms with Gasteiger partial charge in [0.15, 0.2) is 0 Å². The summed E-state index contributed by atoms with van der Waals surface area (Å²) in [6.07, 6.45) is 0.127. The maximum absolute atomic E-state index is 12.3. The van der Waals surface area contributed by atoms with Crippen LogP contribution in [0.15, 0.2) is 12.1 Å². The van der Waals surface area contributed by atoms with Crippen molar-refractivity contribution in [2.75, 3.05) is 26.0 Å². The standard InChI is InChI=1S/C17H23N3O3/c1-10-6-11(2)16(12(3)7-10)18-14(21)9-19(4)13-8-15(22)20(5)17(13)23/h6-7,13H,8-9H2,1-5H3,(H,18,21). The third-order valence-electron chi connectivity index (χ3n) is 4.22. The fraction of sp³-hybridized carbons (Fsp3) is 0.471. The lowest BCUT2D eigenvalue weighted by Gasteiger charge is -2.22. The van der Waals surface area contributed by atoms with E-state index in [-0.39, 0.29) is 30.7 Å². The summed E-state index contributed by atoms with van der Waals surface area (Å²) < 4.78 is 0. The van der Waals surface area contributed by atoms with E-state index < -0.39 is 6.04 Å². The number of nitrogens with zero attached hydrogens (tertiary/aromatic N) is 2. The molecule has 3 amide bonds. The van der Waals surface area contributed by atoms with Gasteiger partial charge < -0.3 is 5.32 Å². The zero-order valence-electron chi connectivity index (χ0n) is 14.3. The van der Waals surface area contributed by atoms with Gasteiger partial charge in [-0.05, 0) is 38.9 Å². The van der Waals surface area contributed by atoms with Crippen LogP contribution in [0.25, 0.3) is 0 Å². The highest BCUT2D eigenvalue weighted by Gasteiger charge is 2.38. The van der Waals surface area contributed by atoms with E-state index in [2.05, 4.69) is 5.32 Å². The average molecular weight is 317 g/mol. The van der Waals surface area contributed by atoms with Crippen LogP contribution in [0.1, 0.15) is 23.1 Å². The van der Waals surface area contributed by atoms with Crippen molar-refractivity contribution in [1.82, 2.24) is 9.80 Å². The Kier molecular flexibility index (Phi) is 4.85. The van der Waals surface area contributed by atoms with Gasteiger partial charge in [0.2, 0.25) is 17.7 Å². The Morgan fingerprint density at radius 2 is 1.83 bits per heavy atom. The molecule has 124 valence electrons. The Balaban J connectivity index is 2.03. The molecule has 0 saturated carbocycles. The Morgan fingerprint density at radius 1 is 1.26 bits per heavy atom. The molecule has 6 nitrogen and oxygen atoms in total. The number of likely N-dealkylation sites (N-methyl/N-ethyl adjacent to an activating group) is 2. The van der Waals surface area contributed by atoms with Gasteiger partial charge >= 0.3 is 0 Å². The number of aryl methyl sites for hydroxylation is 3. The molecule has 6 heteroatoms. The molecule has 0 bridgehead atoms. The number of amides is 3. The number of carbonyl (C=O) groups excluding carboxylic acids is 3. The number of rotatable bonds is 4. The molecule has 1 heterocycles. The van der Waals surface area contributed by atoms with Crippen LogP contribution in [0.2, 0.25) is 0 Å². The third kappa shape index (κ3) is 3.59. The zero-order chi connectivity index (χ0) is 17.3. The van der Waals surface area contributed by atoms with E-state index in [9.17, 15) is 14.4 Å². The molecule has 1 fully saturated rings. The number of benzene rings is 1. The van der Waals surface area contributed by atoms with Crippen LogP contribution in [-0.4, -0.2) is 54.2 Å². The summed E-state index contributed by atoms with van der Waals surface area (Å²) in [4.78, 5) is 38.6. The number of hydrogen-bond donors (Lipinski definition) is 1. The second-order valence-corrected chi connectivity index (χ2v) is 6.25. The molecule has 0 radical (unpaired) electrons. The maximum Gasteiger partial charge on any atom is 0.246 e. The highest BCUT2D eigenvalue weighted by Crippen LogP contribution is 2.22. The van der Waals surface area contributed by atoms with Crippen LogP contribution in [0, 0.1) is 20.8 Å². The summed E-state index contributed by atoms with van der Waals surface area (Å²) in [5, 5.41) is 2.91. The largest absolute Gasteiger partial charge is 0.324 e. The van der Waals surface area contributed by atoms with Crippen molar-refractivity contribution in [3.05, 3.63) is 28.8 Å². The molecule has 23 heavy (non-hydrogen) atoms. The van der Waals surface area contributed by atoms with Gasteiger partial charge in [0.25, 0.3) is 0 Å². The van der Waals surface area contributed by atoms with E-state index in [1.54, 1.807) is 11.9 Å². The second-order valence-electron chi connectivity index (χ2n) is 6.25. The van der Waals surface area contributed by atoms with Crippen molar-refractivity contribution in [3.63, 3.8) is 0 Å². The van der Waals surface area contributed by atoms with Crippen LogP contribution in [0.4, 0.5) is 5.69 Å². The molecule has 1 N–H and O–H groups in total. The summed E-state index contributed by atoms with van der Waals surface area (Å²) in [5.41, 5.74) is 3.96. The number of carbonyl (C=O) groups is 3. The van der Waals surface area contributed by atoms with Gasteiger partial charge in [0.1, 0.15) is 0 Å². The lowest BCUT2D eigenvalue weighted by Crippen LogP contribution is -2.42. The van der Waals surface area contributed by atoms with E-state index in [0.29, 0.717) is 0 Å². The molecule has 1 aromatic carbocycles. The quantitative estimate of drug-likeness (QED) is 0.848. The van der Waals surface area contributed by atoms with Gasteiger partial charge in [-0.25, -0.2) is 0 Å². The van der Waals surface area contributed by atoms with Crippen molar-refractivity contribution in [2.24, 2.45) is 0 Å². The first-order chi connectivity index (χ1) is 10.7. The normalized spacial score (nSPS) is 18.0. The van der Waals surface area contributed by atoms with Crippen LogP contribution in [-0.2, 0) is 14.4 Å². The Hall–Kier alpha value is -2.21. The second kappa shape index (κ2) is 6.50. The highest BCUT2D eigenvalue weighted by atomic mass is 16.2.